The highest BCUT2D eigenvalue weighted by Crippen LogP contribution is 2.42. The van der Waals surface area contributed by atoms with Gasteiger partial charge in [-0.3, -0.25) is 0 Å². The number of fused-ring (bicyclic) bond motifs is 4. The zero-order valence-electron chi connectivity index (χ0n) is 13.0. The summed E-state index contributed by atoms with van der Waals surface area (Å²) >= 11 is 0. The summed E-state index contributed by atoms with van der Waals surface area (Å²) in [4.78, 5) is 9.08. The van der Waals surface area contributed by atoms with Gasteiger partial charge in [0.15, 0.2) is 0 Å². The number of hydrogen-bond donors (Lipinski definition) is 0. The fourth-order valence-corrected chi connectivity index (χ4v) is 4.03. The summed E-state index contributed by atoms with van der Waals surface area (Å²) in [5, 5.41) is 8.23. The van der Waals surface area contributed by atoms with E-state index in [9.17, 15) is 0 Å². The minimum atomic E-state index is 0.907. The predicted octanol–water partition coefficient (Wildman–Crippen LogP) is 5.58. The van der Waals surface area contributed by atoms with Crippen molar-refractivity contribution in [3.05, 3.63) is 60.6 Å². The normalized spacial score (nSPS) is 12.4. The van der Waals surface area contributed by atoms with Gasteiger partial charge in [-0.05, 0) is 47.3 Å². The highest BCUT2D eigenvalue weighted by molar-refractivity contribution is 6.33. The number of rotatable bonds is 0. The van der Waals surface area contributed by atoms with Gasteiger partial charge in [0.05, 0.1) is 11.0 Å². The first kappa shape index (κ1) is 12.3. The summed E-state index contributed by atoms with van der Waals surface area (Å²) in [6, 6.07) is 17.0. The Morgan fingerprint density at radius 1 is 0.792 bits per heavy atom. The fraction of sp³-hybridized carbons (Fsp3) is 0.0476. The zero-order chi connectivity index (χ0) is 15.8. The van der Waals surface area contributed by atoms with Crippen LogP contribution in [0.5, 0.6) is 0 Å². The van der Waals surface area contributed by atoms with E-state index in [1.807, 2.05) is 19.1 Å². The predicted molar refractivity (Wildman–Crippen MR) is 97.8 cm³/mol. The maximum Gasteiger partial charge on any atom is 0.135 e. The van der Waals surface area contributed by atoms with Crippen molar-refractivity contribution in [1.29, 1.82) is 0 Å². The third kappa shape index (κ3) is 1.33. The van der Waals surface area contributed by atoms with E-state index in [1.165, 1.54) is 21.5 Å². The van der Waals surface area contributed by atoms with Crippen LogP contribution in [0.4, 0.5) is 0 Å². The van der Waals surface area contributed by atoms with E-state index in [1.54, 1.807) is 6.33 Å². The number of benzene rings is 4. The van der Waals surface area contributed by atoms with E-state index < -0.39 is 0 Å². The Morgan fingerprint density at radius 3 is 2.42 bits per heavy atom. The largest absolute Gasteiger partial charge is 0.461 e. The molecule has 6 aromatic rings. The van der Waals surface area contributed by atoms with Crippen LogP contribution in [0.25, 0.3) is 54.3 Å². The average molecular weight is 308 g/mol. The van der Waals surface area contributed by atoms with Crippen molar-refractivity contribution in [1.82, 2.24) is 9.97 Å². The second-order valence-electron chi connectivity index (χ2n) is 6.33. The minimum absolute atomic E-state index is 0.907. The van der Waals surface area contributed by atoms with Gasteiger partial charge in [0, 0.05) is 21.5 Å². The number of aryl methyl sites for hydroxylation is 1. The summed E-state index contributed by atoms with van der Waals surface area (Å²) < 4.78 is 6.04. The molecule has 4 aromatic carbocycles. The van der Waals surface area contributed by atoms with Crippen LogP contribution in [0.2, 0.25) is 0 Å². The van der Waals surface area contributed by atoms with Crippen LogP contribution in [-0.2, 0) is 0 Å². The molecule has 112 valence electrons. The van der Waals surface area contributed by atoms with Crippen molar-refractivity contribution >= 4 is 54.3 Å². The number of hydrogen-bond acceptors (Lipinski definition) is 3. The molecule has 3 nitrogen and oxygen atoms in total. The molecule has 0 atom stereocenters. The zero-order valence-corrected chi connectivity index (χ0v) is 13.0. The summed E-state index contributed by atoms with van der Waals surface area (Å²) in [5.74, 6) is 0.948. The lowest BCUT2D eigenvalue weighted by Crippen LogP contribution is -1.89. The second kappa shape index (κ2) is 4.01. The van der Waals surface area contributed by atoms with Gasteiger partial charge in [-0.1, -0.05) is 24.3 Å². The Morgan fingerprint density at radius 2 is 1.58 bits per heavy atom. The summed E-state index contributed by atoms with van der Waals surface area (Å²) in [7, 11) is 0. The van der Waals surface area contributed by atoms with Crippen molar-refractivity contribution in [3.8, 4) is 0 Å². The maximum atomic E-state index is 6.04. The molecule has 24 heavy (non-hydrogen) atoms. The first-order valence-electron chi connectivity index (χ1n) is 8.01. The molecule has 0 saturated heterocycles. The Kier molecular flexibility index (Phi) is 2.04. The molecule has 0 fully saturated rings. The topological polar surface area (TPSA) is 38.9 Å². The van der Waals surface area contributed by atoms with Gasteiger partial charge in [0.2, 0.25) is 0 Å². The molecule has 0 bridgehead atoms. The monoisotopic (exact) mass is 308 g/mol. The number of nitrogens with zero attached hydrogens (tertiary/aromatic N) is 2. The molecule has 0 saturated carbocycles. The number of furan rings is 1. The van der Waals surface area contributed by atoms with Crippen molar-refractivity contribution in [2.45, 2.75) is 6.92 Å². The highest BCUT2D eigenvalue weighted by Gasteiger charge is 2.19. The molecular formula is C21H12N2O. The van der Waals surface area contributed by atoms with E-state index in [2.05, 4.69) is 46.4 Å². The van der Waals surface area contributed by atoms with Crippen molar-refractivity contribution in [2.24, 2.45) is 0 Å². The number of aromatic nitrogens is 2. The Labute approximate surface area is 136 Å². The lowest BCUT2D eigenvalue weighted by Gasteiger charge is -2.10. The Bertz CT molecular complexity index is 1410. The van der Waals surface area contributed by atoms with E-state index >= 15 is 0 Å². The highest BCUT2D eigenvalue weighted by atomic mass is 16.3. The van der Waals surface area contributed by atoms with Crippen LogP contribution in [-0.4, -0.2) is 9.97 Å². The van der Waals surface area contributed by atoms with E-state index in [0.29, 0.717) is 0 Å². The quantitative estimate of drug-likeness (QED) is 0.271. The van der Waals surface area contributed by atoms with Gasteiger partial charge in [-0.2, -0.15) is 0 Å². The Hall–Kier alpha value is -3.20. The minimum Gasteiger partial charge on any atom is -0.461 e. The summed E-state index contributed by atoms with van der Waals surface area (Å²) in [6.45, 7) is 2.04. The van der Waals surface area contributed by atoms with Crippen LogP contribution >= 0.6 is 0 Å². The third-order valence-corrected chi connectivity index (χ3v) is 5.04. The van der Waals surface area contributed by atoms with Crippen molar-refractivity contribution in [2.75, 3.05) is 0 Å². The molecule has 0 aliphatic rings. The van der Waals surface area contributed by atoms with Crippen molar-refractivity contribution < 1.29 is 4.42 Å². The first-order chi connectivity index (χ1) is 11.8. The average Bonchev–Trinajstić information content (AvgIpc) is 2.96. The van der Waals surface area contributed by atoms with Crippen LogP contribution in [0.1, 0.15) is 5.76 Å². The smallest absolute Gasteiger partial charge is 0.135 e. The van der Waals surface area contributed by atoms with E-state index in [0.717, 1.165) is 38.5 Å². The molecule has 2 heterocycles. The SMILES string of the molecule is Cc1oc2ccc3ncnc4c5cc6ccccc6cc5c1c2c34. The molecule has 0 spiro atoms. The maximum absolute atomic E-state index is 6.04. The van der Waals surface area contributed by atoms with Crippen LogP contribution in [0.3, 0.4) is 0 Å². The lowest BCUT2D eigenvalue weighted by molar-refractivity contribution is 0.583. The molecule has 0 aliphatic heterocycles. The van der Waals surface area contributed by atoms with Crippen LogP contribution in [0, 0.1) is 6.92 Å². The first-order valence-corrected chi connectivity index (χ1v) is 8.01. The molecule has 0 aliphatic carbocycles. The lowest BCUT2D eigenvalue weighted by atomic mass is 9.94. The summed E-state index contributed by atoms with van der Waals surface area (Å²) in [5.41, 5.74) is 2.87. The van der Waals surface area contributed by atoms with E-state index in [4.69, 9.17) is 4.42 Å². The molecule has 2 aromatic heterocycles. The molecule has 0 radical (unpaired) electrons. The standard InChI is InChI=1S/C21H12N2O/c1-11-18-14-8-12-4-2-3-5-13(12)9-15(14)21-19-16(22-10-23-21)6-7-17(24-11)20(18)19/h2-10H,1H3. The van der Waals surface area contributed by atoms with Gasteiger partial charge in [-0.25, -0.2) is 9.97 Å². The molecular weight excluding hydrogens is 296 g/mol. The molecule has 0 unspecified atom stereocenters. The fourth-order valence-electron chi connectivity index (χ4n) is 4.03. The van der Waals surface area contributed by atoms with Crippen molar-refractivity contribution in [3.63, 3.8) is 0 Å². The Balaban J connectivity index is 2.07. The third-order valence-electron chi connectivity index (χ3n) is 5.04. The van der Waals surface area contributed by atoms with Gasteiger partial charge in [0.25, 0.3) is 0 Å². The molecule has 3 heteroatoms. The van der Waals surface area contributed by atoms with Crippen LogP contribution in [0.15, 0.2) is 59.3 Å². The molecule has 0 N–H and O–H groups in total. The van der Waals surface area contributed by atoms with Gasteiger partial charge in [0.1, 0.15) is 17.7 Å². The molecule has 6 rings (SSSR count). The van der Waals surface area contributed by atoms with E-state index in [-0.39, 0.29) is 0 Å². The van der Waals surface area contributed by atoms with Crippen LogP contribution < -0.4 is 0 Å². The van der Waals surface area contributed by atoms with Gasteiger partial charge < -0.3 is 4.42 Å². The summed E-state index contributed by atoms with van der Waals surface area (Å²) in [6.07, 6.45) is 1.65. The molecule has 0 amide bonds. The van der Waals surface area contributed by atoms with Gasteiger partial charge in [-0.15, -0.1) is 0 Å². The second-order valence-corrected chi connectivity index (χ2v) is 6.33. The van der Waals surface area contributed by atoms with Gasteiger partial charge >= 0.3 is 0 Å².